The summed E-state index contributed by atoms with van der Waals surface area (Å²) in [6.07, 6.45) is 7.72. The first-order valence-electron chi connectivity index (χ1n) is 10.7. The summed E-state index contributed by atoms with van der Waals surface area (Å²) in [6.45, 7) is 6.95. The molecule has 3 aliphatic rings. The van der Waals surface area contributed by atoms with Crippen LogP contribution < -0.4 is 10.2 Å². The van der Waals surface area contributed by atoms with Crippen molar-refractivity contribution in [1.82, 2.24) is 15.1 Å². The highest BCUT2D eigenvalue weighted by molar-refractivity contribution is 14.0. The maximum absolute atomic E-state index is 4.65. The topological polar surface area (TPSA) is 34.1 Å². The fourth-order valence-corrected chi connectivity index (χ4v) is 5.10. The number of hydrogen-bond donors (Lipinski definition) is 1. The lowest BCUT2D eigenvalue weighted by molar-refractivity contribution is 0.0174. The number of aliphatic imine (C=N–C) groups is 1. The molecule has 0 radical (unpaired) electrons. The van der Waals surface area contributed by atoms with E-state index in [-0.39, 0.29) is 29.5 Å². The van der Waals surface area contributed by atoms with Crippen molar-refractivity contribution in [3.8, 4) is 0 Å². The predicted molar refractivity (Wildman–Crippen MR) is 129 cm³/mol. The first kappa shape index (κ1) is 21.8. The van der Waals surface area contributed by atoms with Crippen LogP contribution in [0.15, 0.2) is 29.3 Å². The van der Waals surface area contributed by atoms with E-state index in [0.29, 0.717) is 0 Å². The zero-order chi connectivity index (χ0) is 18.7. The van der Waals surface area contributed by atoms with Crippen LogP contribution in [0.3, 0.4) is 0 Å². The Morgan fingerprint density at radius 2 is 1.75 bits per heavy atom. The highest BCUT2D eigenvalue weighted by Gasteiger charge is 2.40. The summed E-state index contributed by atoms with van der Waals surface area (Å²) in [5, 5.41) is 3.79. The smallest absolute Gasteiger partial charge is 0.198 e. The highest BCUT2D eigenvalue weighted by Crippen LogP contribution is 2.32. The van der Waals surface area contributed by atoms with Crippen LogP contribution in [0, 0.1) is 0 Å². The minimum Gasteiger partial charge on any atom is -0.354 e. The normalized spacial score (nSPS) is 23.2. The molecule has 0 aromatic heterocycles. The molecule has 28 heavy (non-hydrogen) atoms. The molecule has 5 nitrogen and oxygen atoms in total. The molecule has 0 aliphatic carbocycles. The van der Waals surface area contributed by atoms with Crippen LogP contribution in [-0.2, 0) is 6.42 Å². The van der Waals surface area contributed by atoms with E-state index in [4.69, 9.17) is 0 Å². The maximum Gasteiger partial charge on any atom is 0.198 e. The van der Waals surface area contributed by atoms with Crippen molar-refractivity contribution < 1.29 is 0 Å². The molecule has 1 aromatic rings. The number of anilines is 1. The van der Waals surface area contributed by atoms with E-state index in [0.717, 1.165) is 25.5 Å². The Morgan fingerprint density at radius 1 is 1.04 bits per heavy atom. The first-order chi connectivity index (χ1) is 13.2. The molecule has 3 heterocycles. The third-order valence-electron chi connectivity index (χ3n) is 6.87. The van der Waals surface area contributed by atoms with Crippen LogP contribution in [0.1, 0.15) is 37.7 Å². The van der Waals surface area contributed by atoms with Crippen molar-refractivity contribution in [1.29, 1.82) is 0 Å². The molecule has 0 saturated carbocycles. The molecule has 3 aliphatic heterocycles. The summed E-state index contributed by atoms with van der Waals surface area (Å²) < 4.78 is 0. The van der Waals surface area contributed by atoms with Crippen molar-refractivity contribution in [3.63, 3.8) is 0 Å². The van der Waals surface area contributed by atoms with Gasteiger partial charge in [0.25, 0.3) is 0 Å². The van der Waals surface area contributed by atoms with Gasteiger partial charge in [-0.1, -0.05) is 24.6 Å². The molecule has 0 spiro atoms. The highest BCUT2D eigenvalue weighted by atomic mass is 127. The fraction of sp³-hybridized carbons (Fsp3) is 0.682. The van der Waals surface area contributed by atoms with Gasteiger partial charge in [-0.25, -0.2) is 0 Å². The van der Waals surface area contributed by atoms with Gasteiger partial charge in [-0.05, 0) is 77.0 Å². The van der Waals surface area contributed by atoms with Gasteiger partial charge in [0.1, 0.15) is 0 Å². The van der Waals surface area contributed by atoms with E-state index in [2.05, 4.69) is 56.3 Å². The van der Waals surface area contributed by atoms with E-state index >= 15 is 0 Å². The maximum atomic E-state index is 4.65. The predicted octanol–water partition coefficient (Wildman–Crippen LogP) is 3.19. The Hall–Kier alpha value is -0.860. The van der Waals surface area contributed by atoms with Gasteiger partial charge in [-0.15, -0.1) is 24.0 Å². The lowest BCUT2D eigenvalue weighted by Crippen LogP contribution is -2.62. The van der Waals surface area contributed by atoms with Gasteiger partial charge in [0.15, 0.2) is 5.96 Å². The third-order valence-corrected chi connectivity index (χ3v) is 6.87. The summed E-state index contributed by atoms with van der Waals surface area (Å²) in [6, 6.07) is 8.75. The molecule has 156 valence electrons. The average molecular weight is 497 g/mol. The molecule has 0 unspecified atom stereocenters. The Labute approximate surface area is 187 Å². The number of hydrogen-bond acceptors (Lipinski definition) is 3. The number of fused-ring (bicyclic) bond motifs is 1. The molecular formula is C22H36IN5. The standard InChI is InChI=1S/C22H35N5.HI/c1-23-21(27-15-10-19-8-4-5-9-20(19)27)24-18-22(11-16-25(2)17-12-22)26-13-6-3-7-14-26;/h4-5,8-9H,3,6-7,10-18H2,1-2H3,(H,23,24);1H. The number of benzene rings is 1. The summed E-state index contributed by atoms with van der Waals surface area (Å²) in [4.78, 5) is 12.3. The second-order valence-electron chi connectivity index (χ2n) is 8.51. The zero-order valence-corrected chi connectivity index (χ0v) is 19.8. The number of piperidine rings is 2. The van der Waals surface area contributed by atoms with Gasteiger partial charge in [0.2, 0.25) is 0 Å². The second kappa shape index (κ2) is 9.76. The lowest BCUT2D eigenvalue weighted by Gasteiger charge is -2.50. The number of para-hydroxylation sites is 1. The molecule has 0 atom stereocenters. The van der Waals surface area contributed by atoms with Crippen molar-refractivity contribution in [2.45, 2.75) is 44.1 Å². The minimum atomic E-state index is 0. The third kappa shape index (κ3) is 4.49. The van der Waals surface area contributed by atoms with E-state index in [1.165, 1.54) is 69.5 Å². The van der Waals surface area contributed by atoms with Crippen LogP contribution in [0.5, 0.6) is 0 Å². The van der Waals surface area contributed by atoms with Crippen molar-refractivity contribution in [3.05, 3.63) is 29.8 Å². The Balaban J connectivity index is 0.00000225. The average Bonchev–Trinajstić information content (AvgIpc) is 3.15. The number of rotatable bonds is 3. The van der Waals surface area contributed by atoms with E-state index < -0.39 is 0 Å². The van der Waals surface area contributed by atoms with Gasteiger partial charge in [-0.2, -0.15) is 0 Å². The minimum absolute atomic E-state index is 0. The molecule has 0 bridgehead atoms. The quantitative estimate of drug-likeness (QED) is 0.395. The largest absolute Gasteiger partial charge is 0.354 e. The van der Waals surface area contributed by atoms with Crippen LogP contribution in [0.2, 0.25) is 0 Å². The fourth-order valence-electron chi connectivity index (χ4n) is 5.10. The van der Waals surface area contributed by atoms with Gasteiger partial charge < -0.3 is 15.1 Å². The van der Waals surface area contributed by atoms with Gasteiger partial charge in [0, 0.05) is 31.4 Å². The molecule has 2 fully saturated rings. The number of nitrogens with one attached hydrogen (secondary N) is 1. The molecular weight excluding hydrogens is 461 g/mol. The summed E-state index contributed by atoms with van der Waals surface area (Å²) >= 11 is 0. The van der Waals surface area contributed by atoms with E-state index in [1.807, 2.05) is 7.05 Å². The SMILES string of the molecule is CN=C(NCC1(N2CCCCC2)CCN(C)CC1)N1CCc2ccccc21.I. The van der Waals surface area contributed by atoms with Gasteiger partial charge in [-0.3, -0.25) is 9.89 Å². The van der Waals surface area contributed by atoms with Gasteiger partial charge in [0.05, 0.1) is 0 Å². The lowest BCUT2D eigenvalue weighted by atomic mass is 9.84. The van der Waals surface area contributed by atoms with E-state index in [9.17, 15) is 0 Å². The van der Waals surface area contributed by atoms with E-state index in [1.54, 1.807) is 0 Å². The Bertz CT molecular complexity index is 663. The Morgan fingerprint density at radius 3 is 2.46 bits per heavy atom. The van der Waals surface area contributed by atoms with Crippen LogP contribution >= 0.6 is 24.0 Å². The number of guanidine groups is 1. The van der Waals surface area contributed by atoms with Crippen molar-refractivity contribution in [2.75, 3.05) is 58.3 Å². The number of likely N-dealkylation sites (tertiary alicyclic amines) is 2. The monoisotopic (exact) mass is 497 g/mol. The zero-order valence-electron chi connectivity index (χ0n) is 17.5. The first-order valence-corrected chi connectivity index (χ1v) is 10.7. The molecule has 1 aromatic carbocycles. The number of halogens is 1. The molecule has 6 heteroatoms. The Kier molecular flexibility index (Phi) is 7.61. The summed E-state index contributed by atoms with van der Waals surface area (Å²) in [5.41, 5.74) is 3.04. The van der Waals surface area contributed by atoms with Crippen LogP contribution in [-0.4, -0.2) is 74.7 Å². The molecule has 4 rings (SSSR count). The van der Waals surface area contributed by atoms with Gasteiger partial charge >= 0.3 is 0 Å². The molecule has 1 N–H and O–H groups in total. The van der Waals surface area contributed by atoms with Crippen molar-refractivity contribution in [2.24, 2.45) is 4.99 Å². The number of nitrogens with zero attached hydrogens (tertiary/aromatic N) is 4. The summed E-state index contributed by atoms with van der Waals surface area (Å²) in [7, 11) is 4.18. The van der Waals surface area contributed by atoms with Crippen LogP contribution in [0.25, 0.3) is 0 Å². The molecule has 2 saturated heterocycles. The second-order valence-corrected chi connectivity index (χ2v) is 8.51. The van der Waals surface area contributed by atoms with Crippen molar-refractivity contribution >= 4 is 35.6 Å². The molecule has 0 amide bonds. The summed E-state index contributed by atoms with van der Waals surface area (Å²) in [5.74, 6) is 1.04. The van der Waals surface area contributed by atoms with Crippen LogP contribution in [0.4, 0.5) is 5.69 Å².